The van der Waals surface area contributed by atoms with E-state index in [2.05, 4.69) is 20.2 Å². The van der Waals surface area contributed by atoms with Gasteiger partial charge in [-0.25, -0.2) is 9.78 Å². The van der Waals surface area contributed by atoms with E-state index in [9.17, 15) is 9.90 Å². The van der Waals surface area contributed by atoms with Crippen molar-refractivity contribution in [2.75, 3.05) is 17.7 Å². The molecule has 1 aromatic carbocycles. The molecule has 9 heteroatoms. The second kappa shape index (κ2) is 9.29. The summed E-state index contributed by atoms with van der Waals surface area (Å²) in [6, 6.07) is 10.8. The molecule has 1 aliphatic heterocycles. The molecule has 3 atom stereocenters. The molecule has 1 aliphatic carbocycles. The average Bonchev–Trinajstić information content (AvgIpc) is 3.07. The van der Waals surface area contributed by atoms with E-state index >= 15 is 0 Å². The van der Waals surface area contributed by atoms with Crippen molar-refractivity contribution in [1.82, 2.24) is 9.55 Å². The van der Waals surface area contributed by atoms with Gasteiger partial charge in [-0.2, -0.15) is 0 Å². The number of hydrogen-bond donors (Lipinski definition) is 4. The van der Waals surface area contributed by atoms with Crippen molar-refractivity contribution in [1.29, 1.82) is 0 Å². The molecule has 0 saturated heterocycles. The van der Waals surface area contributed by atoms with E-state index in [4.69, 9.17) is 17.0 Å². The van der Waals surface area contributed by atoms with E-state index in [1.807, 2.05) is 20.0 Å². The number of anilines is 3. The molecule has 3 aromatic rings. The lowest BCUT2D eigenvalue weighted by molar-refractivity contribution is -0.752. The Morgan fingerprint density at radius 1 is 1.24 bits per heavy atom. The van der Waals surface area contributed by atoms with Crippen LogP contribution in [0.2, 0.25) is 5.15 Å². The zero-order valence-electron chi connectivity index (χ0n) is 19.3. The van der Waals surface area contributed by atoms with E-state index in [0.29, 0.717) is 28.1 Å². The van der Waals surface area contributed by atoms with Crippen molar-refractivity contribution in [3.8, 4) is 5.75 Å². The van der Waals surface area contributed by atoms with Gasteiger partial charge in [-0.15, -0.1) is 0 Å². The number of phenols is 1. The fourth-order valence-electron chi connectivity index (χ4n) is 4.93. The van der Waals surface area contributed by atoms with Gasteiger partial charge < -0.3 is 30.7 Å². The van der Waals surface area contributed by atoms with Gasteiger partial charge >= 0.3 is 5.91 Å². The van der Waals surface area contributed by atoms with Gasteiger partial charge in [0.05, 0.1) is 19.3 Å². The molecule has 1 fully saturated rings. The van der Waals surface area contributed by atoms with Crippen molar-refractivity contribution < 1.29 is 14.9 Å². The Labute approximate surface area is 203 Å². The van der Waals surface area contributed by atoms with E-state index in [-0.39, 0.29) is 23.7 Å². The lowest BCUT2D eigenvalue weighted by atomic mass is 9.90. The number of rotatable bonds is 4. The van der Waals surface area contributed by atoms with Crippen LogP contribution in [0.1, 0.15) is 47.3 Å². The lowest BCUT2D eigenvalue weighted by Gasteiger charge is -2.44. The summed E-state index contributed by atoms with van der Waals surface area (Å²) in [7, 11) is 1.82. The SMILES string of the molecule is Cc1c2c(c(Nc3ccc(O)cc3)n1Cc1ccc(Cl)nc1)C(=O)[NH+](C)[N-]C1CCCCC1N2. The molecule has 3 unspecified atom stereocenters. The molecule has 0 radical (unpaired) electrons. The molecule has 0 bridgehead atoms. The van der Waals surface area contributed by atoms with Gasteiger partial charge in [0.1, 0.15) is 22.3 Å². The molecule has 3 heterocycles. The number of carbonyl (C=O) groups is 1. The third kappa shape index (κ3) is 4.36. The van der Waals surface area contributed by atoms with Crippen molar-refractivity contribution in [2.24, 2.45) is 0 Å². The van der Waals surface area contributed by atoms with Crippen LogP contribution in [0.15, 0.2) is 42.6 Å². The number of nitrogens with zero attached hydrogens (tertiary/aromatic N) is 3. The zero-order chi connectivity index (χ0) is 23.8. The zero-order valence-corrected chi connectivity index (χ0v) is 20.1. The Morgan fingerprint density at radius 2 is 2.00 bits per heavy atom. The Morgan fingerprint density at radius 3 is 2.74 bits per heavy atom. The summed E-state index contributed by atoms with van der Waals surface area (Å²) in [5.74, 6) is 0.794. The molecule has 4 N–H and O–H groups in total. The normalized spacial score (nSPS) is 22.2. The topological polar surface area (TPSA) is 97.7 Å². The Bertz CT molecular complexity index is 1190. The van der Waals surface area contributed by atoms with Gasteiger partial charge in [0.2, 0.25) is 0 Å². The lowest BCUT2D eigenvalue weighted by Crippen LogP contribution is -3.08. The maximum Gasteiger partial charge on any atom is 0.340 e. The van der Waals surface area contributed by atoms with Gasteiger partial charge in [-0.1, -0.05) is 43.0 Å². The van der Waals surface area contributed by atoms with Crippen molar-refractivity contribution >= 4 is 34.7 Å². The standard InChI is InChI=1S/C25H29ClN6O2/c1-15-23-22(25(34)31(2)30-20-6-4-3-5-19(20)29-23)24(28-17-8-10-18(33)11-9-17)32(15)14-16-7-12-21(26)27-13-16/h7-13,19-20,28-29,31,33H,3-6,14H2,1-2H3. The fraction of sp³-hybridized carbons (Fsp3) is 0.360. The number of carbonyl (C=O) groups excluding carboxylic acids is 1. The van der Waals surface area contributed by atoms with Crippen LogP contribution in [0.5, 0.6) is 5.75 Å². The number of quaternary nitrogens is 1. The summed E-state index contributed by atoms with van der Waals surface area (Å²) in [6.07, 6.45) is 6.06. The van der Waals surface area contributed by atoms with E-state index in [0.717, 1.165) is 48.3 Å². The van der Waals surface area contributed by atoms with Gasteiger partial charge in [0.15, 0.2) is 0 Å². The third-order valence-corrected chi connectivity index (χ3v) is 6.98. The smallest absolute Gasteiger partial charge is 0.340 e. The fourth-order valence-corrected chi connectivity index (χ4v) is 5.05. The largest absolute Gasteiger partial charge is 0.508 e. The Kier molecular flexibility index (Phi) is 6.20. The predicted octanol–water partition coefficient (Wildman–Crippen LogP) is 4.02. The molecule has 0 spiro atoms. The van der Waals surface area contributed by atoms with Crippen molar-refractivity contribution in [3.05, 3.63) is 70.0 Å². The number of fused-ring (bicyclic) bond motifs is 2. The molecule has 5 rings (SSSR count). The molecule has 34 heavy (non-hydrogen) atoms. The molecule has 2 aromatic heterocycles. The number of amides is 1. The van der Waals surface area contributed by atoms with Crippen LogP contribution in [-0.4, -0.2) is 39.7 Å². The quantitative estimate of drug-likeness (QED) is 0.334. The first kappa shape index (κ1) is 22.7. The molecular weight excluding hydrogens is 452 g/mol. The molecular formula is C25H29ClN6O2. The Balaban J connectivity index is 1.63. The minimum absolute atomic E-state index is 0.0797. The van der Waals surface area contributed by atoms with Crippen LogP contribution >= 0.6 is 11.6 Å². The average molecular weight is 481 g/mol. The van der Waals surface area contributed by atoms with Crippen LogP contribution in [0.4, 0.5) is 17.2 Å². The molecule has 1 amide bonds. The van der Waals surface area contributed by atoms with Crippen LogP contribution in [0.3, 0.4) is 0 Å². The highest BCUT2D eigenvalue weighted by Gasteiger charge is 2.34. The second-order valence-electron chi connectivity index (χ2n) is 9.08. The highest BCUT2D eigenvalue weighted by Crippen LogP contribution is 2.38. The molecule has 8 nitrogen and oxygen atoms in total. The highest BCUT2D eigenvalue weighted by molar-refractivity contribution is 6.29. The van der Waals surface area contributed by atoms with E-state index in [1.54, 1.807) is 36.5 Å². The number of phenolic OH excluding ortho intramolecular Hbond substituents is 1. The third-order valence-electron chi connectivity index (χ3n) is 6.76. The molecule has 2 aliphatic rings. The van der Waals surface area contributed by atoms with Crippen LogP contribution in [0.25, 0.3) is 5.43 Å². The van der Waals surface area contributed by atoms with Crippen molar-refractivity contribution in [3.63, 3.8) is 0 Å². The number of hydrogen-bond acceptors (Lipinski definition) is 5. The van der Waals surface area contributed by atoms with Gasteiger partial charge in [0.25, 0.3) is 0 Å². The first-order valence-corrected chi connectivity index (χ1v) is 12.0. The summed E-state index contributed by atoms with van der Waals surface area (Å²) < 4.78 is 2.10. The van der Waals surface area contributed by atoms with Crippen molar-refractivity contribution in [2.45, 2.75) is 51.2 Å². The summed E-state index contributed by atoms with van der Waals surface area (Å²) >= 11 is 6.00. The number of nitrogens with one attached hydrogen (secondary N) is 3. The van der Waals surface area contributed by atoms with Gasteiger partial charge in [-0.3, -0.25) is 0 Å². The minimum Gasteiger partial charge on any atom is -0.508 e. The maximum absolute atomic E-state index is 13.7. The van der Waals surface area contributed by atoms with Crippen LogP contribution < -0.4 is 15.6 Å². The van der Waals surface area contributed by atoms with Gasteiger partial charge in [0, 0.05) is 23.6 Å². The number of pyridine rings is 1. The van der Waals surface area contributed by atoms with Crippen LogP contribution in [-0.2, 0) is 6.54 Å². The summed E-state index contributed by atoms with van der Waals surface area (Å²) in [6.45, 7) is 2.55. The van der Waals surface area contributed by atoms with E-state index < -0.39 is 0 Å². The predicted molar refractivity (Wildman–Crippen MR) is 133 cm³/mol. The first-order chi connectivity index (χ1) is 16.4. The molecule has 178 valence electrons. The summed E-state index contributed by atoms with van der Waals surface area (Å²) in [5.41, 5.74) is 9.01. The minimum atomic E-state index is -0.0797. The van der Waals surface area contributed by atoms with Gasteiger partial charge in [-0.05, 0) is 49.2 Å². The number of aromatic nitrogens is 2. The second-order valence-corrected chi connectivity index (χ2v) is 9.46. The summed E-state index contributed by atoms with van der Waals surface area (Å²) in [5, 5.41) is 17.8. The number of halogens is 1. The Hall–Kier alpha value is -3.07. The van der Waals surface area contributed by atoms with E-state index in [1.165, 1.54) is 0 Å². The van der Waals surface area contributed by atoms with Crippen LogP contribution in [0, 0.1) is 6.92 Å². The molecule has 1 saturated carbocycles. The number of benzene rings is 1. The first-order valence-electron chi connectivity index (χ1n) is 11.7. The number of aromatic hydroxyl groups is 1. The monoisotopic (exact) mass is 480 g/mol. The highest BCUT2D eigenvalue weighted by atomic mass is 35.5. The summed E-state index contributed by atoms with van der Waals surface area (Å²) in [4.78, 5) is 17.9. The maximum atomic E-state index is 13.7.